The van der Waals surface area contributed by atoms with E-state index in [0.717, 1.165) is 62.0 Å². The maximum absolute atomic E-state index is 5.41. The molecule has 29 heavy (non-hydrogen) atoms. The van der Waals surface area contributed by atoms with E-state index >= 15 is 0 Å². The Bertz CT molecular complexity index is 687. The van der Waals surface area contributed by atoms with E-state index in [4.69, 9.17) is 9.47 Å². The summed E-state index contributed by atoms with van der Waals surface area (Å²) in [7, 11) is 5.24. The van der Waals surface area contributed by atoms with Crippen molar-refractivity contribution in [3.8, 4) is 11.5 Å². The van der Waals surface area contributed by atoms with E-state index in [-0.39, 0.29) is 0 Å². The molecule has 0 unspecified atom stereocenters. The first kappa shape index (κ1) is 21.3. The van der Waals surface area contributed by atoms with Gasteiger partial charge in [-0.15, -0.1) is 0 Å². The molecular formula is C23H36N4O2. The molecule has 0 spiro atoms. The number of aliphatic imine (C=N–C) groups is 1. The zero-order valence-electron chi connectivity index (χ0n) is 18.2. The van der Waals surface area contributed by atoms with E-state index in [9.17, 15) is 0 Å². The lowest BCUT2D eigenvalue weighted by molar-refractivity contribution is 0.393. The van der Waals surface area contributed by atoms with Gasteiger partial charge in [0.15, 0.2) is 5.96 Å². The van der Waals surface area contributed by atoms with E-state index in [1.165, 1.54) is 25.7 Å². The molecule has 1 fully saturated rings. The van der Waals surface area contributed by atoms with Crippen LogP contribution < -0.4 is 25.0 Å². The Morgan fingerprint density at radius 3 is 2.41 bits per heavy atom. The Labute approximate surface area is 175 Å². The first-order valence-corrected chi connectivity index (χ1v) is 10.8. The summed E-state index contributed by atoms with van der Waals surface area (Å²) in [6, 6.07) is 6.52. The summed E-state index contributed by atoms with van der Waals surface area (Å²) < 4.78 is 10.8. The Morgan fingerprint density at radius 2 is 1.83 bits per heavy atom. The zero-order chi connectivity index (χ0) is 20.5. The van der Waals surface area contributed by atoms with Crippen LogP contribution in [0.5, 0.6) is 11.5 Å². The van der Waals surface area contributed by atoms with Gasteiger partial charge in [-0.25, -0.2) is 0 Å². The van der Waals surface area contributed by atoms with Crippen LogP contribution >= 0.6 is 0 Å². The third-order valence-corrected chi connectivity index (χ3v) is 5.88. The van der Waals surface area contributed by atoms with Gasteiger partial charge in [0.1, 0.15) is 11.5 Å². The van der Waals surface area contributed by atoms with Crippen molar-refractivity contribution in [2.75, 3.05) is 45.8 Å². The second-order valence-corrected chi connectivity index (χ2v) is 7.83. The Kier molecular flexibility index (Phi) is 8.08. The van der Waals surface area contributed by atoms with Crippen LogP contribution in [0.4, 0.5) is 5.69 Å². The van der Waals surface area contributed by atoms with Crippen LogP contribution in [0, 0.1) is 0 Å². The van der Waals surface area contributed by atoms with Crippen LogP contribution in [-0.2, 0) is 0 Å². The van der Waals surface area contributed by atoms with Crippen LogP contribution in [0.1, 0.15) is 44.9 Å². The zero-order valence-corrected chi connectivity index (χ0v) is 18.2. The molecule has 1 heterocycles. The van der Waals surface area contributed by atoms with Crippen LogP contribution in [0.3, 0.4) is 0 Å². The van der Waals surface area contributed by atoms with Gasteiger partial charge in [-0.2, -0.15) is 0 Å². The summed E-state index contributed by atoms with van der Waals surface area (Å²) in [4.78, 5) is 6.81. The Balaban J connectivity index is 1.45. The predicted octanol–water partition coefficient (Wildman–Crippen LogP) is 3.73. The molecular weight excluding hydrogens is 364 g/mol. The lowest BCUT2D eigenvalue weighted by Gasteiger charge is -2.34. The minimum Gasteiger partial charge on any atom is -0.497 e. The lowest BCUT2D eigenvalue weighted by atomic mass is 9.97. The molecule has 1 aliphatic carbocycles. The molecule has 6 nitrogen and oxygen atoms in total. The summed E-state index contributed by atoms with van der Waals surface area (Å²) in [5.74, 6) is 2.58. The summed E-state index contributed by atoms with van der Waals surface area (Å²) in [5, 5.41) is 7.09. The van der Waals surface area contributed by atoms with Gasteiger partial charge in [0.25, 0.3) is 0 Å². The minimum absolute atomic E-state index is 0.443. The highest BCUT2D eigenvalue weighted by Gasteiger charge is 2.21. The molecule has 1 aromatic carbocycles. The third kappa shape index (κ3) is 6.31. The standard InChI is InChI=1S/C23H36N4O2/c1-24-23(25-12-9-18-7-5-4-6-8-18)26-19-10-13-27(14-11-19)20-15-21(28-2)17-22(16-20)29-3/h7,15-17,19H,4-6,8-14H2,1-3H3,(H2,24,25,26). The van der Waals surface area contributed by atoms with E-state index in [1.54, 1.807) is 19.8 Å². The number of hydrogen-bond acceptors (Lipinski definition) is 4. The molecule has 6 heteroatoms. The van der Waals surface area contributed by atoms with Gasteiger partial charge in [-0.1, -0.05) is 11.6 Å². The van der Waals surface area contributed by atoms with Gasteiger partial charge in [-0.05, 0) is 44.9 Å². The van der Waals surface area contributed by atoms with Crippen molar-refractivity contribution in [1.82, 2.24) is 10.6 Å². The van der Waals surface area contributed by atoms with E-state index in [2.05, 4.69) is 38.7 Å². The maximum Gasteiger partial charge on any atom is 0.191 e. The molecule has 2 N–H and O–H groups in total. The van der Waals surface area contributed by atoms with Gasteiger partial charge in [-0.3, -0.25) is 4.99 Å². The van der Waals surface area contributed by atoms with Crippen molar-refractivity contribution in [2.24, 2.45) is 4.99 Å². The molecule has 1 aromatic rings. The average molecular weight is 401 g/mol. The minimum atomic E-state index is 0.443. The second kappa shape index (κ2) is 11.0. The van der Waals surface area contributed by atoms with Crippen LogP contribution in [0.15, 0.2) is 34.8 Å². The number of piperidine rings is 1. The number of rotatable bonds is 7. The van der Waals surface area contributed by atoms with Gasteiger partial charge in [0.05, 0.1) is 14.2 Å². The van der Waals surface area contributed by atoms with Gasteiger partial charge >= 0.3 is 0 Å². The molecule has 3 rings (SSSR count). The number of allylic oxidation sites excluding steroid dienone is 1. The Hall–Kier alpha value is -2.37. The number of guanidine groups is 1. The fourth-order valence-corrected chi connectivity index (χ4v) is 4.12. The smallest absolute Gasteiger partial charge is 0.191 e. The first-order chi connectivity index (χ1) is 14.2. The average Bonchev–Trinajstić information content (AvgIpc) is 2.79. The van der Waals surface area contributed by atoms with Crippen molar-refractivity contribution in [2.45, 2.75) is 51.0 Å². The molecule has 2 aliphatic rings. The van der Waals surface area contributed by atoms with Crippen LogP contribution in [-0.4, -0.2) is 52.9 Å². The number of anilines is 1. The van der Waals surface area contributed by atoms with Crippen LogP contribution in [0.2, 0.25) is 0 Å². The number of benzene rings is 1. The molecule has 0 bridgehead atoms. The number of hydrogen-bond donors (Lipinski definition) is 2. The lowest BCUT2D eigenvalue weighted by Crippen LogP contribution is -2.49. The van der Waals surface area contributed by atoms with Crippen molar-refractivity contribution in [3.63, 3.8) is 0 Å². The van der Waals surface area contributed by atoms with Crippen molar-refractivity contribution in [3.05, 3.63) is 29.8 Å². The quantitative estimate of drug-likeness (QED) is 0.415. The van der Waals surface area contributed by atoms with Crippen molar-refractivity contribution < 1.29 is 9.47 Å². The first-order valence-electron chi connectivity index (χ1n) is 10.8. The summed E-state index contributed by atoms with van der Waals surface area (Å²) in [6.07, 6.45) is 10.9. The molecule has 1 saturated heterocycles. The summed E-state index contributed by atoms with van der Waals surface area (Å²) >= 11 is 0. The molecule has 1 aliphatic heterocycles. The number of ether oxygens (including phenoxy) is 2. The largest absolute Gasteiger partial charge is 0.497 e. The van der Waals surface area contributed by atoms with Gasteiger partial charge < -0.3 is 25.0 Å². The normalized spacial score (nSPS) is 18.2. The fourth-order valence-electron chi connectivity index (χ4n) is 4.12. The second-order valence-electron chi connectivity index (χ2n) is 7.83. The van der Waals surface area contributed by atoms with Gasteiger partial charge in [0, 0.05) is 56.6 Å². The molecule has 0 radical (unpaired) electrons. The van der Waals surface area contributed by atoms with E-state index in [1.807, 2.05) is 13.1 Å². The Morgan fingerprint density at radius 1 is 1.10 bits per heavy atom. The molecule has 0 aromatic heterocycles. The van der Waals surface area contributed by atoms with E-state index < -0.39 is 0 Å². The number of nitrogens with one attached hydrogen (secondary N) is 2. The molecule has 160 valence electrons. The summed E-state index contributed by atoms with van der Waals surface area (Å²) in [6.45, 7) is 2.95. The predicted molar refractivity (Wildman–Crippen MR) is 120 cm³/mol. The SMILES string of the molecule is CN=C(NCCC1=CCCCC1)NC1CCN(c2cc(OC)cc(OC)c2)CC1. The monoisotopic (exact) mass is 400 g/mol. The van der Waals surface area contributed by atoms with E-state index in [0.29, 0.717) is 6.04 Å². The highest BCUT2D eigenvalue weighted by molar-refractivity contribution is 5.80. The van der Waals surface area contributed by atoms with Crippen molar-refractivity contribution in [1.29, 1.82) is 0 Å². The highest BCUT2D eigenvalue weighted by atomic mass is 16.5. The summed E-state index contributed by atoms with van der Waals surface area (Å²) in [5.41, 5.74) is 2.75. The topological polar surface area (TPSA) is 58.1 Å². The fraction of sp³-hybridized carbons (Fsp3) is 0.609. The number of nitrogens with zero attached hydrogens (tertiary/aromatic N) is 2. The van der Waals surface area contributed by atoms with Crippen LogP contribution in [0.25, 0.3) is 0 Å². The number of methoxy groups -OCH3 is 2. The maximum atomic E-state index is 5.41. The molecule has 0 atom stereocenters. The van der Waals surface area contributed by atoms with Crippen molar-refractivity contribution >= 4 is 11.6 Å². The molecule has 0 amide bonds. The third-order valence-electron chi connectivity index (χ3n) is 5.88. The highest BCUT2D eigenvalue weighted by Crippen LogP contribution is 2.30. The molecule has 0 saturated carbocycles. The van der Waals surface area contributed by atoms with Gasteiger partial charge in [0.2, 0.25) is 0 Å².